The lowest BCUT2D eigenvalue weighted by Crippen LogP contribution is -2.35. The van der Waals surface area contributed by atoms with Crippen LogP contribution >= 0.6 is 0 Å². The van der Waals surface area contributed by atoms with Crippen LogP contribution in [0, 0.1) is 6.92 Å². The maximum absolute atomic E-state index is 13.2. The van der Waals surface area contributed by atoms with Crippen molar-refractivity contribution in [1.29, 1.82) is 0 Å². The van der Waals surface area contributed by atoms with E-state index < -0.39 is 17.7 Å². The Kier molecular flexibility index (Phi) is 7.28. The van der Waals surface area contributed by atoms with Crippen LogP contribution in [-0.2, 0) is 9.59 Å². The second kappa shape index (κ2) is 9.95. The SMILES string of the molecule is COc1ccc(C(O)=C2C(=O)C(=O)N(CCN(C)C)[C@H]2c2cccc(OC)c2OC)c(C)c1. The zero-order valence-electron chi connectivity index (χ0n) is 19.8. The number of hydrogen-bond donors (Lipinski definition) is 1. The molecule has 0 saturated carbocycles. The van der Waals surface area contributed by atoms with E-state index in [2.05, 4.69) is 0 Å². The lowest BCUT2D eigenvalue weighted by Gasteiger charge is -2.28. The highest BCUT2D eigenvalue weighted by Gasteiger charge is 2.47. The molecule has 1 amide bonds. The van der Waals surface area contributed by atoms with Gasteiger partial charge in [-0.3, -0.25) is 9.59 Å². The third-order valence-electron chi connectivity index (χ3n) is 5.74. The number of aryl methyl sites for hydroxylation is 1. The lowest BCUT2D eigenvalue weighted by atomic mass is 9.93. The summed E-state index contributed by atoms with van der Waals surface area (Å²) < 4.78 is 16.3. The quantitative estimate of drug-likeness (QED) is 0.373. The summed E-state index contributed by atoms with van der Waals surface area (Å²) in [6, 6.07) is 9.58. The molecule has 2 aromatic rings. The van der Waals surface area contributed by atoms with Crippen molar-refractivity contribution in [3.8, 4) is 17.2 Å². The number of para-hydroxylation sites is 1. The minimum absolute atomic E-state index is 0.0126. The number of methoxy groups -OCH3 is 3. The average molecular weight is 455 g/mol. The summed E-state index contributed by atoms with van der Waals surface area (Å²) in [4.78, 5) is 29.7. The van der Waals surface area contributed by atoms with Gasteiger partial charge in [0.2, 0.25) is 0 Å². The number of aliphatic hydroxyl groups is 1. The second-order valence-electron chi connectivity index (χ2n) is 8.06. The number of aliphatic hydroxyl groups excluding tert-OH is 1. The number of amides is 1. The lowest BCUT2D eigenvalue weighted by molar-refractivity contribution is -0.140. The van der Waals surface area contributed by atoms with Crippen molar-refractivity contribution in [2.45, 2.75) is 13.0 Å². The fourth-order valence-electron chi connectivity index (χ4n) is 4.04. The molecule has 1 atom stereocenters. The number of carbonyl (C=O) groups is 2. The van der Waals surface area contributed by atoms with E-state index >= 15 is 0 Å². The highest BCUT2D eigenvalue weighted by molar-refractivity contribution is 6.46. The Morgan fingerprint density at radius 3 is 2.36 bits per heavy atom. The van der Waals surface area contributed by atoms with Gasteiger partial charge in [-0.25, -0.2) is 0 Å². The van der Waals surface area contributed by atoms with Gasteiger partial charge in [-0.1, -0.05) is 12.1 Å². The number of Topliss-reactive ketones (excluding diaryl/α,β-unsaturated/α-hetero) is 1. The predicted octanol–water partition coefficient (Wildman–Crippen LogP) is 3.00. The van der Waals surface area contributed by atoms with E-state index in [4.69, 9.17) is 14.2 Å². The van der Waals surface area contributed by atoms with E-state index in [0.29, 0.717) is 47.0 Å². The summed E-state index contributed by atoms with van der Waals surface area (Å²) in [6.45, 7) is 2.64. The van der Waals surface area contributed by atoms with E-state index in [1.165, 1.54) is 19.1 Å². The molecule has 1 aliphatic heterocycles. The van der Waals surface area contributed by atoms with Crippen molar-refractivity contribution >= 4 is 17.4 Å². The largest absolute Gasteiger partial charge is 0.507 e. The number of benzene rings is 2. The van der Waals surface area contributed by atoms with Crippen LogP contribution in [0.25, 0.3) is 5.76 Å². The van der Waals surface area contributed by atoms with Gasteiger partial charge >= 0.3 is 0 Å². The highest BCUT2D eigenvalue weighted by atomic mass is 16.5. The first kappa shape index (κ1) is 24.1. The smallest absolute Gasteiger partial charge is 0.295 e. The van der Waals surface area contributed by atoms with Crippen LogP contribution < -0.4 is 14.2 Å². The number of hydrogen-bond acceptors (Lipinski definition) is 7. The van der Waals surface area contributed by atoms with Gasteiger partial charge in [0.05, 0.1) is 32.9 Å². The number of ketones is 1. The van der Waals surface area contributed by atoms with Gasteiger partial charge in [0.1, 0.15) is 11.5 Å². The molecule has 0 radical (unpaired) electrons. The Morgan fingerprint density at radius 2 is 1.79 bits per heavy atom. The van der Waals surface area contributed by atoms with E-state index in [1.807, 2.05) is 19.0 Å². The molecule has 3 rings (SSSR count). The molecular weight excluding hydrogens is 424 g/mol. The van der Waals surface area contributed by atoms with E-state index in [9.17, 15) is 14.7 Å². The number of ether oxygens (including phenoxy) is 3. The summed E-state index contributed by atoms with van der Waals surface area (Å²) >= 11 is 0. The molecule has 0 spiro atoms. The van der Waals surface area contributed by atoms with Crippen molar-refractivity contribution in [1.82, 2.24) is 9.80 Å². The first-order valence-electron chi connectivity index (χ1n) is 10.5. The van der Waals surface area contributed by atoms with Crippen molar-refractivity contribution in [2.75, 3.05) is 48.5 Å². The predicted molar refractivity (Wildman–Crippen MR) is 125 cm³/mol. The molecule has 1 N–H and O–H groups in total. The molecule has 0 aliphatic carbocycles. The monoisotopic (exact) mass is 454 g/mol. The average Bonchev–Trinajstić information content (AvgIpc) is 3.06. The van der Waals surface area contributed by atoms with Crippen molar-refractivity contribution in [3.05, 3.63) is 58.7 Å². The van der Waals surface area contributed by atoms with Crippen molar-refractivity contribution in [3.63, 3.8) is 0 Å². The number of carbonyl (C=O) groups excluding carboxylic acids is 2. The molecule has 1 heterocycles. The Balaban J connectivity index is 2.26. The highest BCUT2D eigenvalue weighted by Crippen LogP contribution is 2.45. The van der Waals surface area contributed by atoms with Gasteiger partial charge in [0, 0.05) is 24.2 Å². The molecule has 0 aromatic heterocycles. The van der Waals surface area contributed by atoms with E-state index in [1.54, 1.807) is 50.4 Å². The van der Waals surface area contributed by atoms with Crippen LogP contribution in [0.2, 0.25) is 0 Å². The van der Waals surface area contributed by atoms with Gasteiger partial charge in [0.15, 0.2) is 11.5 Å². The van der Waals surface area contributed by atoms with Crippen LogP contribution in [0.5, 0.6) is 17.2 Å². The number of rotatable bonds is 8. The maximum Gasteiger partial charge on any atom is 0.295 e. The number of likely N-dealkylation sites (N-methyl/N-ethyl adjacent to an activating group) is 1. The Labute approximate surface area is 194 Å². The molecule has 1 aliphatic rings. The van der Waals surface area contributed by atoms with Crippen LogP contribution in [0.4, 0.5) is 0 Å². The fraction of sp³-hybridized carbons (Fsp3) is 0.360. The molecule has 8 heteroatoms. The molecule has 8 nitrogen and oxygen atoms in total. The topological polar surface area (TPSA) is 88.5 Å². The molecule has 1 saturated heterocycles. The van der Waals surface area contributed by atoms with Crippen molar-refractivity contribution < 1.29 is 28.9 Å². The fourth-order valence-corrected chi connectivity index (χ4v) is 4.04. The Hall–Kier alpha value is -3.52. The first-order chi connectivity index (χ1) is 15.7. The Bertz CT molecular complexity index is 1090. The Morgan fingerprint density at radius 1 is 1.06 bits per heavy atom. The summed E-state index contributed by atoms with van der Waals surface area (Å²) in [5.41, 5.74) is 1.73. The minimum Gasteiger partial charge on any atom is -0.507 e. The summed E-state index contributed by atoms with van der Waals surface area (Å²) in [7, 11) is 8.35. The summed E-state index contributed by atoms with van der Waals surface area (Å²) in [5.74, 6) is -0.152. The van der Waals surface area contributed by atoms with Gasteiger partial charge in [0.25, 0.3) is 11.7 Å². The third-order valence-corrected chi connectivity index (χ3v) is 5.74. The third kappa shape index (κ3) is 4.52. The summed E-state index contributed by atoms with van der Waals surface area (Å²) in [5, 5.41) is 11.3. The second-order valence-corrected chi connectivity index (χ2v) is 8.06. The standard InChI is InChI=1S/C25H30N2O6/c1-15-14-16(31-4)10-11-17(15)22(28)20-21(18-8-7-9-19(32-5)24(18)33-6)27(13-12-26(2)3)25(30)23(20)29/h7-11,14,21,28H,12-13H2,1-6H3/t21-/m0/s1. The first-order valence-corrected chi connectivity index (χ1v) is 10.5. The number of nitrogens with zero attached hydrogens (tertiary/aromatic N) is 2. The zero-order valence-corrected chi connectivity index (χ0v) is 19.8. The van der Waals surface area contributed by atoms with Gasteiger partial charge in [-0.05, 0) is 50.8 Å². The zero-order chi connectivity index (χ0) is 24.3. The molecule has 176 valence electrons. The number of likely N-dealkylation sites (tertiary alicyclic amines) is 1. The van der Waals surface area contributed by atoms with E-state index in [0.717, 1.165) is 0 Å². The minimum atomic E-state index is -0.837. The molecule has 33 heavy (non-hydrogen) atoms. The van der Waals surface area contributed by atoms with Crippen LogP contribution in [0.3, 0.4) is 0 Å². The van der Waals surface area contributed by atoms with Crippen LogP contribution in [0.15, 0.2) is 42.0 Å². The summed E-state index contributed by atoms with van der Waals surface area (Å²) in [6.07, 6.45) is 0. The molecule has 0 bridgehead atoms. The van der Waals surface area contributed by atoms with Crippen LogP contribution in [0.1, 0.15) is 22.7 Å². The molecule has 2 aromatic carbocycles. The van der Waals surface area contributed by atoms with Crippen LogP contribution in [-0.4, -0.2) is 75.1 Å². The van der Waals surface area contributed by atoms with Gasteiger partial charge in [-0.15, -0.1) is 0 Å². The van der Waals surface area contributed by atoms with Gasteiger partial charge in [-0.2, -0.15) is 0 Å². The maximum atomic E-state index is 13.2. The van der Waals surface area contributed by atoms with Gasteiger partial charge < -0.3 is 29.1 Å². The van der Waals surface area contributed by atoms with Crippen molar-refractivity contribution in [2.24, 2.45) is 0 Å². The van der Waals surface area contributed by atoms with E-state index in [-0.39, 0.29) is 11.3 Å². The molecule has 0 unspecified atom stereocenters. The molecular formula is C25H30N2O6. The molecule has 1 fully saturated rings. The normalized spacial score (nSPS) is 17.5.